The standard InChI is InChI=1S/C10H16N2O/c1-7(2)10(11)8-4-5-12-9(6-8)13-3/h4-7,10H,11H2,1-3H3. The molecular weight excluding hydrogens is 164 g/mol. The maximum absolute atomic E-state index is 5.98. The van der Waals surface area contributed by atoms with Crippen LogP contribution >= 0.6 is 0 Å². The Morgan fingerprint density at radius 2 is 2.15 bits per heavy atom. The first-order valence-electron chi connectivity index (χ1n) is 4.40. The third-order valence-electron chi connectivity index (χ3n) is 2.07. The van der Waals surface area contributed by atoms with Gasteiger partial charge in [-0.15, -0.1) is 0 Å². The molecule has 0 saturated carbocycles. The summed E-state index contributed by atoms with van der Waals surface area (Å²) in [5.74, 6) is 1.04. The molecule has 0 fully saturated rings. The van der Waals surface area contributed by atoms with Crippen LogP contribution in [0.2, 0.25) is 0 Å². The highest BCUT2D eigenvalue weighted by molar-refractivity contribution is 5.23. The van der Waals surface area contributed by atoms with Gasteiger partial charge in [0.25, 0.3) is 0 Å². The summed E-state index contributed by atoms with van der Waals surface area (Å²) in [6.07, 6.45) is 1.72. The Bertz CT molecular complexity index is 273. The maximum Gasteiger partial charge on any atom is 0.213 e. The van der Waals surface area contributed by atoms with E-state index in [-0.39, 0.29) is 6.04 Å². The summed E-state index contributed by atoms with van der Waals surface area (Å²) in [6.45, 7) is 4.19. The highest BCUT2D eigenvalue weighted by Gasteiger charge is 2.10. The SMILES string of the molecule is COc1cc(C(N)C(C)C)ccn1. The summed E-state index contributed by atoms with van der Waals surface area (Å²) < 4.78 is 5.02. The highest BCUT2D eigenvalue weighted by Crippen LogP contribution is 2.20. The highest BCUT2D eigenvalue weighted by atomic mass is 16.5. The molecule has 0 saturated heterocycles. The molecule has 0 aliphatic rings. The normalized spacial score (nSPS) is 13.0. The molecule has 0 radical (unpaired) electrons. The molecule has 72 valence electrons. The molecule has 1 unspecified atom stereocenters. The van der Waals surface area contributed by atoms with E-state index < -0.39 is 0 Å². The molecule has 0 amide bonds. The molecule has 0 spiro atoms. The molecule has 0 aromatic carbocycles. The quantitative estimate of drug-likeness (QED) is 0.770. The summed E-state index contributed by atoms with van der Waals surface area (Å²) in [4.78, 5) is 4.02. The average molecular weight is 180 g/mol. The molecular formula is C10H16N2O. The van der Waals surface area contributed by atoms with E-state index in [1.807, 2.05) is 12.1 Å². The Labute approximate surface area is 78.9 Å². The van der Waals surface area contributed by atoms with Crippen LogP contribution in [-0.2, 0) is 0 Å². The summed E-state index contributed by atoms with van der Waals surface area (Å²) in [7, 11) is 1.60. The lowest BCUT2D eigenvalue weighted by Crippen LogP contribution is -2.16. The Kier molecular flexibility index (Phi) is 3.25. The first-order valence-corrected chi connectivity index (χ1v) is 4.40. The second-order valence-corrected chi connectivity index (χ2v) is 3.40. The summed E-state index contributed by atoms with van der Waals surface area (Å²) in [5.41, 5.74) is 7.05. The molecule has 0 aliphatic heterocycles. The van der Waals surface area contributed by atoms with Crippen LogP contribution in [0.1, 0.15) is 25.5 Å². The lowest BCUT2D eigenvalue weighted by molar-refractivity contribution is 0.395. The average Bonchev–Trinajstić information content (AvgIpc) is 2.16. The second-order valence-electron chi connectivity index (χ2n) is 3.40. The van der Waals surface area contributed by atoms with E-state index in [9.17, 15) is 0 Å². The Hall–Kier alpha value is -1.09. The van der Waals surface area contributed by atoms with Gasteiger partial charge in [-0.25, -0.2) is 4.98 Å². The van der Waals surface area contributed by atoms with Gasteiger partial charge in [0, 0.05) is 18.3 Å². The van der Waals surface area contributed by atoms with Crippen molar-refractivity contribution < 1.29 is 4.74 Å². The van der Waals surface area contributed by atoms with Gasteiger partial charge in [-0.2, -0.15) is 0 Å². The van der Waals surface area contributed by atoms with Gasteiger partial charge in [-0.3, -0.25) is 0 Å². The van der Waals surface area contributed by atoms with Crippen molar-refractivity contribution >= 4 is 0 Å². The summed E-state index contributed by atoms with van der Waals surface area (Å²) >= 11 is 0. The zero-order valence-electron chi connectivity index (χ0n) is 8.32. The topological polar surface area (TPSA) is 48.1 Å². The molecule has 1 rings (SSSR count). The van der Waals surface area contributed by atoms with E-state index in [2.05, 4.69) is 18.8 Å². The number of methoxy groups -OCH3 is 1. The van der Waals surface area contributed by atoms with Crippen LogP contribution in [-0.4, -0.2) is 12.1 Å². The number of hydrogen-bond acceptors (Lipinski definition) is 3. The van der Waals surface area contributed by atoms with Crippen molar-refractivity contribution in [2.24, 2.45) is 11.7 Å². The van der Waals surface area contributed by atoms with Crippen LogP contribution in [0.3, 0.4) is 0 Å². The summed E-state index contributed by atoms with van der Waals surface area (Å²) in [5, 5.41) is 0. The van der Waals surface area contributed by atoms with Crippen LogP contribution in [0.5, 0.6) is 5.88 Å². The maximum atomic E-state index is 5.98. The van der Waals surface area contributed by atoms with Crippen LogP contribution in [0.4, 0.5) is 0 Å². The van der Waals surface area contributed by atoms with E-state index in [4.69, 9.17) is 10.5 Å². The van der Waals surface area contributed by atoms with E-state index >= 15 is 0 Å². The number of nitrogens with two attached hydrogens (primary N) is 1. The largest absolute Gasteiger partial charge is 0.481 e. The number of nitrogens with zero attached hydrogens (tertiary/aromatic N) is 1. The number of aromatic nitrogens is 1. The van der Waals surface area contributed by atoms with Crippen LogP contribution in [0.15, 0.2) is 18.3 Å². The van der Waals surface area contributed by atoms with Crippen molar-refractivity contribution in [2.75, 3.05) is 7.11 Å². The van der Waals surface area contributed by atoms with Gasteiger partial charge in [-0.1, -0.05) is 13.8 Å². The van der Waals surface area contributed by atoms with Gasteiger partial charge in [0.05, 0.1) is 7.11 Å². The van der Waals surface area contributed by atoms with E-state index in [0.717, 1.165) is 5.56 Å². The van der Waals surface area contributed by atoms with Crippen LogP contribution < -0.4 is 10.5 Å². The minimum absolute atomic E-state index is 0.0527. The predicted octanol–water partition coefficient (Wildman–Crippen LogP) is 1.75. The Morgan fingerprint density at radius 3 is 2.69 bits per heavy atom. The van der Waals surface area contributed by atoms with E-state index in [1.54, 1.807) is 13.3 Å². The third-order valence-corrected chi connectivity index (χ3v) is 2.07. The molecule has 1 aromatic heterocycles. The molecule has 13 heavy (non-hydrogen) atoms. The minimum atomic E-state index is 0.0527. The van der Waals surface area contributed by atoms with Gasteiger partial charge in [0.1, 0.15) is 0 Å². The van der Waals surface area contributed by atoms with E-state index in [0.29, 0.717) is 11.8 Å². The lowest BCUT2D eigenvalue weighted by Gasteiger charge is -2.15. The molecule has 1 heterocycles. The Morgan fingerprint density at radius 1 is 1.46 bits per heavy atom. The zero-order valence-corrected chi connectivity index (χ0v) is 8.32. The number of hydrogen-bond donors (Lipinski definition) is 1. The van der Waals surface area contributed by atoms with Gasteiger partial charge in [0.15, 0.2) is 0 Å². The predicted molar refractivity (Wildman–Crippen MR) is 52.6 cm³/mol. The zero-order chi connectivity index (χ0) is 9.84. The van der Waals surface area contributed by atoms with Gasteiger partial charge >= 0.3 is 0 Å². The molecule has 0 aliphatic carbocycles. The number of rotatable bonds is 3. The summed E-state index contributed by atoms with van der Waals surface area (Å²) in [6, 6.07) is 3.86. The smallest absolute Gasteiger partial charge is 0.213 e. The molecule has 3 heteroatoms. The van der Waals surface area contributed by atoms with Crippen molar-refractivity contribution in [3.05, 3.63) is 23.9 Å². The molecule has 3 nitrogen and oxygen atoms in total. The molecule has 2 N–H and O–H groups in total. The van der Waals surface area contributed by atoms with E-state index in [1.165, 1.54) is 0 Å². The number of ether oxygens (including phenoxy) is 1. The molecule has 0 bridgehead atoms. The third kappa shape index (κ3) is 2.42. The minimum Gasteiger partial charge on any atom is -0.481 e. The van der Waals surface area contributed by atoms with Crippen LogP contribution in [0.25, 0.3) is 0 Å². The van der Waals surface area contributed by atoms with Crippen molar-refractivity contribution in [2.45, 2.75) is 19.9 Å². The first-order chi connectivity index (χ1) is 6.15. The lowest BCUT2D eigenvalue weighted by atomic mass is 9.98. The van der Waals surface area contributed by atoms with Gasteiger partial charge in [-0.05, 0) is 17.5 Å². The first kappa shape index (κ1) is 9.99. The van der Waals surface area contributed by atoms with Gasteiger partial charge in [0.2, 0.25) is 5.88 Å². The monoisotopic (exact) mass is 180 g/mol. The van der Waals surface area contributed by atoms with Crippen molar-refractivity contribution in [3.8, 4) is 5.88 Å². The fourth-order valence-electron chi connectivity index (χ4n) is 1.13. The fraction of sp³-hybridized carbons (Fsp3) is 0.500. The Balaban J connectivity index is 2.88. The molecule has 1 aromatic rings. The van der Waals surface area contributed by atoms with Crippen molar-refractivity contribution in [3.63, 3.8) is 0 Å². The second kappa shape index (κ2) is 4.23. The van der Waals surface area contributed by atoms with Crippen molar-refractivity contribution in [1.82, 2.24) is 4.98 Å². The van der Waals surface area contributed by atoms with Crippen LogP contribution in [0, 0.1) is 5.92 Å². The number of pyridine rings is 1. The molecule has 1 atom stereocenters. The van der Waals surface area contributed by atoms with Crippen molar-refractivity contribution in [1.29, 1.82) is 0 Å². The van der Waals surface area contributed by atoms with Gasteiger partial charge < -0.3 is 10.5 Å². The fourth-order valence-corrected chi connectivity index (χ4v) is 1.13.